The molecule has 6 heteroatoms. The van der Waals surface area contributed by atoms with E-state index >= 15 is 0 Å². The van der Waals surface area contributed by atoms with Gasteiger partial charge in [0.1, 0.15) is 10.0 Å². The maximum Gasteiger partial charge on any atom is 0.223 e. The molecule has 1 aliphatic rings. The van der Waals surface area contributed by atoms with Crippen molar-refractivity contribution in [2.24, 2.45) is 11.8 Å². The van der Waals surface area contributed by atoms with Gasteiger partial charge in [0.25, 0.3) is 0 Å². The van der Waals surface area contributed by atoms with Crippen molar-refractivity contribution in [2.45, 2.75) is 26.8 Å². The fraction of sp³-hybridized carbons (Fsp3) is 0.700. The van der Waals surface area contributed by atoms with Crippen LogP contribution in [0.25, 0.3) is 0 Å². The zero-order valence-corrected chi connectivity index (χ0v) is 10.9. The number of hydrogen-bond donors (Lipinski definition) is 0. The standard InChI is InChI=1S/C10H14ClN3OS/c1-6(2)7-3-9(15)14(4-7)5-8-10(11)16-13-12-8/h6-7H,3-5H2,1-2H3. The van der Waals surface area contributed by atoms with Gasteiger partial charge < -0.3 is 4.90 Å². The molecule has 1 aromatic rings. The summed E-state index contributed by atoms with van der Waals surface area (Å²) in [5.74, 6) is 1.19. The highest BCUT2D eigenvalue weighted by Crippen LogP contribution is 2.27. The van der Waals surface area contributed by atoms with Gasteiger partial charge in [-0.1, -0.05) is 29.9 Å². The van der Waals surface area contributed by atoms with Crippen molar-refractivity contribution in [1.82, 2.24) is 14.5 Å². The molecule has 0 N–H and O–H groups in total. The van der Waals surface area contributed by atoms with Crippen LogP contribution in [0.3, 0.4) is 0 Å². The molecule has 2 rings (SSSR count). The Hall–Kier alpha value is -0.680. The Bertz CT molecular complexity index is 393. The van der Waals surface area contributed by atoms with Crippen molar-refractivity contribution in [3.63, 3.8) is 0 Å². The molecule has 1 aromatic heterocycles. The summed E-state index contributed by atoms with van der Waals surface area (Å²) in [6, 6.07) is 0. The molecule has 1 fully saturated rings. The van der Waals surface area contributed by atoms with E-state index in [1.165, 1.54) is 0 Å². The van der Waals surface area contributed by atoms with Crippen LogP contribution in [0.15, 0.2) is 0 Å². The zero-order chi connectivity index (χ0) is 11.7. The van der Waals surface area contributed by atoms with E-state index in [1.807, 2.05) is 4.90 Å². The van der Waals surface area contributed by atoms with Crippen molar-refractivity contribution in [3.05, 3.63) is 10.0 Å². The molecule has 16 heavy (non-hydrogen) atoms. The Morgan fingerprint density at radius 2 is 2.38 bits per heavy atom. The third kappa shape index (κ3) is 2.35. The maximum atomic E-state index is 11.8. The molecule has 0 aliphatic carbocycles. The minimum Gasteiger partial charge on any atom is -0.336 e. The molecule has 1 amide bonds. The largest absolute Gasteiger partial charge is 0.336 e. The highest BCUT2D eigenvalue weighted by molar-refractivity contribution is 7.10. The van der Waals surface area contributed by atoms with Gasteiger partial charge in [-0.25, -0.2) is 0 Å². The highest BCUT2D eigenvalue weighted by Gasteiger charge is 2.32. The van der Waals surface area contributed by atoms with Crippen LogP contribution in [0.1, 0.15) is 26.0 Å². The summed E-state index contributed by atoms with van der Waals surface area (Å²) in [5.41, 5.74) is 0.712. The van der Waals surface area contributed by atoms with Crippen LogP contribution in [0.2, 0.25) is 4.34 Å². The van der Waals surface area contributed by atoms with E-state index in [0.717, 1.165) is 18.1 Å². The van der Waals surface area contributed by atoms with Crippen molar-refractivity contribution < 1.29 is 4.79 Å². The summed E-state index contributed by atoms with van der Waals surface area (Å²) in [7, 11) is 0. The number of likely N-dealkylation sites (tertiary alicyclic amines) is 1. The third-order valence-corrected chi connectivity index (χ3v) is 4.02. The Balaban J connectivity index is 2.02. The van der Waals surface area contributed by atoms with Crippen molar-refractivity contribution in [3.8, 4) is 0 Å². The van der Waals surface area contributed by atoms with Gasteiger partial charge in [-0.3, -0.25) is 4.79 Å². The number of carbonyl (C=O) groups excluding carboxylic acids is 1. The molecule has 0 spiro atoms. The summed E-state index contributed by atoms with van der Waals surface area (Å²) in [6.45, 7) is 5.61. The number of amides is 1. The predicted octanol–water partition coefficient (Wildman–Crippen LogP) is 2.20. The van der Waals surface area contributed by atoms with Crippen molar-refractivity contribution in [2.75, 3.05) is 6.54 Å². The van der Waals surface area contributed by atoms with Crippen LogP contribution in [-0.4, -0.2) is 26.9 Å². The van der Waals surface area contributed by atoms with Crippen LogP contribution in [0.4, 0.5) is 0 Å². The van der Waals surface area contributed by atoms with Gasteiger partial charge in [-0.05, 0) is 11.8 Å². The minimum absolute atomic E-state index is 0.197. The summed E-state index contributed by atoms with van der Waals surface area (Å²) in [4.78, 5) is 13.6. The topological polar surface area (TPSA) is 46.1 Å². The Labute approximate surface area is 104 Å². The molecule has 0 radical (unpaired) electrons. The van der Waals surface area contributed by atoms with Crippen LogP contribution < -0.4 is 0 Å². The van der Waals surface area contributed by atoms with E-state index < -0.39 is 0 Å². The quantitative estimate of drug-likeness (QED) is 0.836. The van der Waals surface area contributed by atoms with Gasteiger partial charge in [-0.2, -0.15) is 0 Å². The molecule has 88 valence electrons. The molecule has 1 saturated heterocycles. The van der Waals surface area contributed by atoms with Crippen LogP contribution in [0.5, 0.6) is 0 Å². The molecule has 1 atom stereocenters. The second kappa shape index (κ2) is 4.67. The van der Waals surface area contributed by atoms with Gasteiger partial charge >= 0.3 is 0 Å². The van der Waals surface area contributed by atoms with Gasteiger partial charge in [0.05, 0.1) is 6.54 Å². The first-order valence-corrected chi connectivity index (χ1v) is 6.47. The van der Waals surface area contributed by atoms with Crippen LogP contribution in [0, 0.1) is 11.8 Å². The second-order valence-corrected chi connectivity index (χ2v) is 5.83. The van der Waals surface area contributed by atoms with Gasteiger partial charge in [-0.15, -0.1) is 5.10 Å². The third-order valence-electron chi connectivity index (χ3n) is 3.04. The van der Waals surface area contributed by atoms with E-state index in [1.54, 1.807) is 0 Å². The Kier molecular flexibility index (Phi) is 3.44. The van der Waals surface area contributed by atoms with E-state index in [4.69, 9.17) is 11.6 Å². The molecule has 1 aliphatic heterocycles. The lowest BCUT2D eigenvalue weighted by Crippen LogP contribution is -2.25. The smallest absolute Gasteiger partial charge is 0.223 e. The lowest BCUT2D eigenvalue weighted by molar-refractivity contribution is -0.128. The van der Waals surface area contributed by atoms with Crippen LogP contribution >= 0.6 is 23.1 Å². The highest BCUT2D eigenvalue weighted by atomic mass is 35.5. The van der Waals surface area contributed by atoms with Gasteiger partial charge in [0.15, 0.2) is 0 Å². The van der Waals surface area contributed by atoms with E-state index in [0.29, 0.717) is 34.8 Å². The molecular weight excluding hydrogens is 246 g/mol. The normalized spacial score (nSPS) is 21.1. The van der Waals surface area contributed by atoms with Crippen molar-refractivity contribution >= 4 is 29.0 Å². The summed E-state index contributed by atoms with van der Waals surface area (Å²) in [5, 5.41) is 3.93. The first-order chi connectivity index (χ1) is 7.58. The molecule has 0 aromatic carbocycles. The average Bonchev–Trinajstić information content (AvgIpc) is 2.76. The van der Waals surface area contributed by atoms with Crippen LogP contribution in [-0.2, 0) is 11.3 Å². The number of halogens is 1. The lowest BCUT2D eigenvalue weighted by Gasteiger charge is -2.16. The summed E-state index contributed by atoms with van der Waals surface area (Å²) < 4.78 is 4.35. The number of rotatable bonds is 3. The molecule has 4 nitrogen and oxygen atoms in total. The molecule has 2 heterocycles. The zero-order valence-electron chi connectivity index (χ0n) is 9.31. The Morgan fingerprint density at radius 1 is 1.62 bits per heavy atom. The fourth-order valence-electron chi connectivity index (χ4n) is 1.87. The van der Waals surface area contributed by atoms with E-state index in [2.05, 4.69) is 23.4 Å². The molecule has 0 saturated carbocycles. The Morgan fingerprint density at radius 3 is 2.88 bits per heavy atom. The first-order valence-electron chi connectivity index (χ1n) is 5.32. The van der Waals surface area contributed by atoms with Gasteiger partial charge in [0, 0.05) is 24.5 Å². The summed E-state index contributed by atoms with van der Waals surface area (Å²) in [6.07, 6.45) is 0.646. The monoisotopic (exact) mass is 259 g/mol. The minimum atomic E-state index is 0.197. The SMILES string of the molecule is CC(C)C1CC(=O)N(Cc2nnsc2Cl)C1. The van der Waals surface area contributed by atoms with Crippen molar-refractivity contribution in [1.29, 1.82) is 0 Å². The predicted molar refractivity (Wildman–Crippen MR) is 63.3 cm³/mol. The lowest BCUT2D eigenvalue weighted by atomic mass is 9.95. The number of nitrogens with zero attached hydrogens (tertiary/aromatic N) is 3. The van der Waals surface area contributed by atoms with E-state index in [9.17, 15) is 4.79 Å². The summed E-state index contributed by atoms with van der Waals surface area (Å²) >= 11 is 7.08. The fourth-order valence-corrected chi connectivity index (χ4v) is 2.49. The van der Waals surface area contributed by atoms with Gasteiger partial charge in [0.2, 0.25) is 5.91 Å². The van der Waals surface area contributed by atoms with E-state index in [-0.39, 0.29) is 5.91 Å². The second-order valence-electron chi connectivity index (χ2n) is 4.48. The number of carbonyl (C=O) groups is 1. The molecule has 0 bridgehead atoms. The maximum absolute atomic E-state index is 11.8. The molecular formula is C10H14ClN3OS. The molecule has 1 unspecified atom stereocenters. The average molecular weight is 260 g/mol. The number of aromatic nitrogens is 2. The number of hydrogen-bond acceptors (Lipinski definition) is 4. The first kappa shape index (κ1) is 11.8.